The Bertz CT molecular complexity index is 709. The van der Waals surface area contributed by atoms with Crippen molar-refractivity contribution in [3.63, 3.8) is 0 Å². The molecule has 3 heterocycles. The largest absolute Gasteiger partial charge is 0.339 e. The van der Waals surface area contributed by atoms with Crippen LogP contribution >= 0.6 is 0 Å². The first-order chi connectivity index (χ1) is 12.3. The van der Waals surface area contributed by atoms with E-state index in [9.17, 15) is 4.79 Å². The Hall–Kier alpha value is -2.44. The van der Waals surface area contributed by atoms with Crippen LogP contribution in [-0.2, 0) is 0 Å². The number of hydrogen-bond donors (Lipinski definition) is 0. The van der Waals surface area contributed by atoms with Crippen molar-refractivity contribution in [2.24, 2.45) is 0 Å². The Balaban J connectivity index is 1.46. The van der Waals surface area contributed by atoms with Crippen molar-refractivity contribution in [2.45, 2.75) is 38.1 Å². The van der Waals surface area contributed by atoms with Crippen molar-refractivity contribution in [2.75, 3.05) is 31.1 Å². The maximum atomic E-state index is 13.0. The molecule has 4 rings (SSSR count). The van der Waals surface area contributed by atoms with E-state index >= 15 is 0 Å². The molecule has 2 aliphatic rings. The van der Waals surface area contributed by atoms with Crippen LogP contribution < -0.4 is 4.90 Å². The van der Waals surface area contributed by atoms with Crippen LogP contribution in [0.4, 0.5) is 5.95 Å². The SMILES string of the molecule is O=C(c1ccnn1C1CCCC1)N1CCCN(c2ncccn2)CC1. The number of amides is 1. The highest BCUT2D eigenvalue weighted by atomic mass is 16.2. The summed E-state index contributed by atoms with van der Waals surface area (Å²) in [5, 5.41) is 4.44. The zero-order valence-electron chi connectivity index (χ0n) is 14.4. The van der Waals surface area contributed by atoms with Gasteiger partial charge < -0.3 is 9.80 Å². The molecule has 0 radical (unpaired) electrons. The molecule has 0 spiro atoms. The van der Waals surface area contributed by atoms with Crippen LogP contribution in [0.5, 0.6) is 0 Å². The fourth-order valence-electron chi connectivity index (χ4n) is 3.86. The number of aromatic nitrogens is 4. The molecule has 1 saturated carbocycles. The zero-order valence-corrected chi connectivity index (χ0v) is 14.4. The molecule has 1 amide bonds. The van der Waals surface area contributed by atoms with Crippen molar-refractivity contribution >= 4 is 11.9 Å². The number of nitrogens with zero attached hydrogens (tertiary/aromatic N) is 6. The monoisotopic (exact) mass is 340 g/mol. The molecule has 7 nitrogen and oxygen atoms in total. The highest BCUT2D eigenvalue weighted by molar-refractivity contribution is 5.92. The van der Waals surface area contributed by atoms with E-state index in [1.54, 1.807) is 18.6 Å². The lowest BCUT2D eigenvalue weighted by atomic mass is 10.2. The lowest BCUT2D eigenvalue weighted by Gasteiger charge is -2.23. The molecular weight excluding hydrogens is 316 g/mol. The minimum atomic E-state index is 0.0974. The van der Waals surface area contributed by atoms with Crippen molar-refractivity contribution in [3.05, 3.63) is 36.4 Å². The molecule has 0 atom stereocenters. The van der Waals surface area contributed by atoms with Crippen LogP contribution in [0.3, 0.4) is 0 Å². The minimum Gasteiger partial charge on any atom is -0.339 e. The molecule has 0 N–H and O–H groups in total. The lowest BCUT2D eigenvalue weighted by molar-refractivity contribution is 0.0751. The highest BCUT2D eigenvalue weighted by Gasteiger charge is 2.27. The average Bonchev–Trinajstić information content (AvgIpc) is 3.28. The van der Waals surface area contributed by atoms with Crippen LogP contribution in [0.15, 0.2) is 30.7 Å². The number of anilines is 1. The van der Waals surface area contributed by atoms with Gasteiger partial charge in [-0.1, -0.05) is 12.8 Å². The molecule has 2 aromatic rings. The van der Waals surface area contributed by atoms with E-state index in [4.69, 9.17) is 0 Å². The van der Waals surface area contributed by atoms with E-state index in [0.717, 1.165) is 50.5 Å². The Morgan fingerprint density at radius 3 is 2.56 bits per heavy atom. The van der Waals surface area contributed by atoms with Crippen LogP contribution in [0.1, 0.15) is 48.6 Å². The third-order valence-corrected chi connectivity index (χ3v) is 5.18. The molecule has 1 saturated heterocycles. The molecular formula is C18H24N6O. The van der Waals surface area contributed by atoms with Gasteiger partial charge in [0, 0.05) is 44.8 Å². The predicted molar refractivity (Wildman–Crippen MR) is 94.5 cm³/mol. The number of carbonyl (C=O) groups excluding carboxylic acids is 1. The maximum absolute atomic E-state index is 13.0. The van der Waals surface area contributed by atoms with Gasteiger partial charge in [-0.05, 0) is 31.4 Å². The second-order valence-corrected chi connectivity index (χ2v) is 6.78. The van der Waals surface area contributed by atoms with E-state index in [2.05, 4.69) is 20.0 Å². The molecule has 2 fully saturated rings. The second-order valence-electron chi connectivity index (χ2n) is 6.78. The van der Waals surface area contributed by atoms with Gasteiger partial charge in [0.05, 0.1) is 6.04 Å². The summed E-state index contributed by atoms with van der Waals surface area (Å²) in [5.74, 6) is 0.841. The Morgan fingerprint density at radius 2 is 1.76 bits per heavy atom. The zero-order chi connectivity index (χ0) is 17.1. The Morgan fingerprint density at radius 1 is 0.960 bits per heavy atom. The highest BCUT2D eigenvalue weighted by Crippen LogP contribution is 2.30. The average molecular weight is 340 g/mol. The van der Waals surface area contributed by atoms with Crippen molar-refractivity contribution in [1.82, 2.24) is 24.6 Å². The molecule has 1 aliphatic carbocycles. The fourth-order valence-corrected chi connectivity index (χ4v) is 3.86. The van der Waals surface area contributed by atoms with E-state index < -0.39 is 0 Å². The van der Waals surface area contributed by atoms with E-state index in [-0.39, 0.29) is 5.91 Å². The van der Waals surface area contributed by atoms with Crippen LogP contribution in [0, 0.1) is 0 Å². The summed E-state index contributed by atoms with van der Waals surface area (Å²) in [5.41, 5.74) is 0.733. The van der Waals surface area contributed by atoms with E-state index in [1.165, 1.54) is 12.8 Å². The normalized spacial score (nSPS) is 19.2. The lowest BCUT2D eigenvalue weighted by Crippen LogP contribution is -2.37. The quantitative estimate of drug-likeness (QED) is 0.856. The third kappa shape index (κ3) is 3.36. The number of carbonyl (C=O) groups is 1. The molecule has 1 aliphatic heterocycles. The second kappa shape index (κ2) is 7.21. The van der Waals surface area contributed by atoms with Gasteiger partial charge in [-0.15, -0.1) is 0 Å². The number of hydrogen-bond acceptors (Lipinski definition) is 5. The maximum Gasteiger partial charge on any atom is 0.272 e. The standard InChI is InChI=1S/C18H24N6O/c25-17(16-7-10-21-24(16)15-5-1-2-6-15)22-11-4-12-23(14-13-22)18-19-8-3-9-20-18/h3,7-10,15H,1-2,4-6,11-14H2. The van der Waals surface area contributed by atoms with Crippen LogP contribution in [0.2, 0.25) is 0 Å². The van der Waals surface area contributed by atoms with Gasteiger partial charge in [-0.25, -0.2) is 9.97 Å². The van der Waals surface area contributed by atoms with Crippen molar-refractivity contribution in [1.29, 1.82) is 0 Å². The summed E-state index contributed by atoms with van der Waals surface area (Å²) in [7, 11) is 0. The van der Waals surface area contributed by atoms with Gasteiger partial charge in [0.15, 0.2) is 0 Å². The molecule has 25 heavy (non-hydrogen) atoms. The van der Waals surface area contributed by atoms with Gasteiger partial charge in [-0.3, -0.25) is 9.48 Å². The first-order valence-corrected chi connectivity index (χ1v) is 9.18. The van der Waals surface area contributed by atoms with Gasteiger partial charge in [0.2, 0.25) is 5.95 Å². The predicted octanol–water partition coefficient (Wildman–Crippen LogP) is 2.14. The summed E-state index contributed by atoms with van der Waals surface area (Å²) in [6.45, 7) is 3.08. The van der Waals surface area contributed by atoms with Gasteiger partial charge in [0.25, 0.3) is 5.91 Å². The summed E-state index contributed by atoms with van der Waals surface area (Å²) >= 11 is 0. The van der Waals surface area contributed by atoms with Gasteiger partial charge >= 0.3 is 0 Å². The molecule has 0 aromatic carbocycles. The van der Waals surface area contributed by atoms with Crippen molar-refractivity contribution in [3.8, 4) is 0 Å². The molecule has 0 unspecified atom stereocenters. The van der Waals surface area contributed by atoms with Gasteiger partial charge in [-0.2, -0.15) is 5.10 Å². The van der Waals surface area contributed by atoms with Crippen LogP contribution in [0.25, 0.3) is 0 Å². The summed E-state index contributed by atoms with van der Waals surface area (Å²) < 4.78 is 1.96. The molecule has 0 bridgehead atoms. The molecule has 2 aromatic heterocycles. The number of rotatable bonds is 3. The summed E-state index contributed by atoms with van der Waals surface area (Å²) in [4.78, 5) is 25.8. The van der Waals surface area contributed by atoms with Crippen molar-refractivity contribution < 1.29 is 4.79 Å². The summed E-state index contributed by atoms with van der Waals surface area (Å²) in [6, 6.07) is 4.07. The first-order valence-electron chi connectivity index (χ1n) is 9.18. The third-order valence-electron chi connectivity index (χ3n) is 5.18. The van der Waals surface area contributed by atoms with E-state index in [0.29, 0.717) is 12.6 Å². The first kappa shape index (κ1) is 16.1. The molecule has 7 heteroatoms. The van der Waals surface area contributed by atoms with Gasteiger partial charge in [0.1, 0.15) is 5.69 Å². The smallest absolute Gasteiger partial charge is 0.272 e. The Kier molecular flexibility index (Phi) is 4.63. The molecule has 132 valence electrons. The van der Waals surface area contributed by atoms with E-state index in [1.807, 2.05) is 21.7 Å². The minimum absolute atomic E-state index is 0.0974. The Labute approximate surface area is 147 Å². The fraction of sp³-hybridized carbons (Fsp3) is 0.556. The summed E-state index contributed by atoms with van der Waals surface area (Å²) in [6.07, 6.45) is 10.9. The van der Waals surface area contributed by atoms with Crippen LogP contribution in [-0.4, -0.2) is 56.7 Å². The topological polar surface area (TPSA) is 67.2 Å².